The van der Waals surface area contributed by atoms with Crippen molar-refractivity contribution in [1.29, 1.82) is 0 Å². The molecule has 7 nitrogen and oxygen atoms in total. The normalized spacial score (nSPS) is 10.6. The minimum atomic E-state index is -0.238. The van der Waals surface area contributed by atoms with Gasteiger partial charge < -0.3 is 5.32 Å². The maximum absolute atomic E-state index is 12.3. The highest BCUT2D eigenvalue weighted by atomic mass is 35.5. The summed E-state index contributed by atoms with van der Waals surface area (Å²) < 4.78 is 1.82. The summed E-state index contributed by atoms with van der Waals surface area (Å²) >= 11 is 13.2. The molecule has 0 radical (unpaired) electrons. The van der Waals surface area contributed by atoms with E-state index in [2.05, 4.69) is 32.1 Å². The van der Waals surface area contributed by atoms with Crippen LogP contribution in [0.3, 0.4) is 0 Å². The van der Waals surface area contributed by atoms with Crippen molar-refractivity contribution >= 4 is 46.6 Å². The first kappa shape index (κ1) is 19.3. The molecule has 138 valence electrons. The van der Waals surface area contributed by atoms with Gasteiger partial charge in [0.1, 0.15) is 5.69 Å². The Balaban J connectivity index is 1.72. The summed E-state index contributed by atoms with van der Waals surface area (Å²) in [6.45, 7) is 4.23. The summed E-state index contributed by atoms with van der Waals surface area (Å²) in [5, 5.41) is 12.5. The van der Waals surface area contributed by atoms with E-state index in [0.29, 0.717) is 39.0 Å². The summed E-state index contributed by atoms with van der Waals surface area (Å²) in [6, 6.07) is 4.87. The zero-order valence-corrected chi connectivity index (χ0v) is 16.3. The van der Waals surface area contributed by atoms with Gasteiger partial charge in [-0.25, -0.2) is 4.98 Å². The molecule has 2 heterocycles. The summed E-state index contributed by atoms with van der Waals surface area (Å²) in [5.74, 6) is 0.445. The maximum Gasteiger partial charge on any atom is 0.234 e. The number of rotatable bonds is 7. The van der Waals surface area contributed by atoms with Crippen LogP contribution in [-0.2, 0) is 11.3 Å². The number of halogens is 2. The number of hydrogen-bond donors (Lipinski definition) is 1. The van der Waals surface area contributed by atoms with E-state index in [9.17, 15) is 4.79 Å². The third-order valence-electron chi connectivity index (χ3n) is 3.36. The minimum absolute atomic E-state index is 0.124. The molecule has 1 N–H and O–H groups in total. The van der Waals surface area contributed by atoms with Gasteiger partial charge in [-0.05, 0) is 18.2 Å². The van der Waals surface area contributed by atoms with Gasteiger partial charge in [0.05, 0.1) is 22.7 Å². The van der Waals surface area contributed by atoms with Crippen molar-refractivity contribution in [3.05, 3.63) is 59.5 Å². The summed E-state index contributed by atoms with van der Waals surface area (Å²) in [7, 11) is 0. The van der Waals surface area contributed by atoms with E-state index < -0.39 is 0 Å². The molecule has 1 aromatic carbocycles. The number of thioether (sulfide) groups is 1. The highest BCUT2D eigenvalue weighted by Crippen LogP contribution is 2.26. The summed E-state index contributed by atoms with van der Waals surface area (Å²) in [6.07, 6.45) is 6.49. The number of anilines is 1. The number of hydrogen-bond acceptors (Lipinski definition) is 6. The maximum atomic E-state index is 12.3. The molecule has 0 aliphatic heterocycles. The van der Waals surface area contributed by atoms with Crippen molar-refractivity contribution in [3.8, 4) is 11.5 Å². The number of allylic oxidation sites excluding steroid dienone is 1. The highest BCUT2D eigenvalue weighted by Gasteiger charge is 2.16. The molecule has 10 heteroatoms. The summed E-state index contributed by atoms with van der Waals surface area (Å²) in [4.78, 5) is 20.5. The molecule has 1 amide bonds. The Morgan fingerprint density at radius 2 is 2.15 bits per heavy atom. The number of benzene rings is 1. The van der Waals surface area contributed by atoms with E-state index in [1.807, 2.05) is 4.57 Å². The fraction of sp³-hybridized carbons (Fsp3) is 0.118. The van der Waals surface area contributed by atoms with Crippen molar-refractivity contribution < 1.29 is 4.79 Å². The lowest BCUT2D eigenvalue weighted by Gasteiger charge is -2.09. The van der Waals surface area contributed by atoms with Gasteiger partial charge in [-0.15, -0.1) is 16.8 Å². The number of carbonyl (C=O) groups excluding carboxylic acids is 1. The molecular formula is C17H14Cl2N6OS. The van der Waals surface area contributed by atoms with Gasteiger partial charge in [0, 0.05) is 24.0 Å². The Morgan fingerprint density at radius 3 is 2.89 bits per heavy atom. The van der Waals surface area contributed by atoms with Crippen molar-refractivity contribution in [2.24, 2.45) is 0 Å². The van der Waals surface area contributed by atoms with Gasteiger partial charge in [-0.3, -0.25) is 14.3 Å². The molecule has 3 aromatic rings. The largest absolute Gasteiger partial charge is 0.324 e. The average Bonchev–Trinajstić information content (AvgIpc) is 3.07. The van der Waals surface area contributed by atoms with Gasteiger partial charge in [-0.2, -0.15) is 0 Å². The average molecular weight is 421 g/mol. The lowest BCUT2D eigenvalue weighted by molar-refractivity contribution is -0.113. The fourth-order valence-electron chi connectivity index (χ4n) is 2.20. The monoisotopic (exact) mass is 420 g/mol. The smallest absolute Gasteiger partial charge is 0.234 e. The van der Waals surface area contributed by atoms with E-state index in [4.69, 9.17) is 23.2 Å². The zero-order chi connectivity index (χ0) is 19.2. The van der Waals surface area contributed by atoms with E-state index >= 15 is 0 Å². The molecular weight excluding hydrogens is 407 g/mol. The van der Waals surface area contributed by atoms with Crippen LogP contribution in [0.4, 0.5) is 5.69 Å². The molecule has 0 bridgehead atoms. The Bertz CT molecular complexity index is 963. The van der Waals surface area contributed by atoms with E-state index in [0.717, 1.165) is 0 Å². The molecule has 2 aromatic heterocycles. The second kappa shape index (κ2) is 8.98. The third kappa shape index (κ3) is 4.85. The second-order valence-corrected chi connectivity index (χ2v) is 7.04. The molecule has 0 aliphatic rings. The van der Waals surface area contributed by atoms with Crippen LogP contribution >= 0.6 is 35.0 Å². The van der Waals surface area contributed by atoms with Gasteiger partial charge in [0.25, 0.3) is 0 Å². The summed E-state index contributed by atoms with van der Waals surface area (Å²) in [5.41, 5.74) is 1.05. The molecule has 0 aliphatic carbocycles. The van der Waals surface area contributed by atoms with E-state index in [1.54, 1.807) is 42.9 Å². The van der Waals surface area contributed by atoms with E-state index in [-0.39, 0.29) is 11.7 Å². The number of nitrogens with one attached hydrogen (secondary N) is 1. The lowest BCUT2D eigenvalue weighted by atomic mass is 10.3. The first-order chi connectivity index (χ1) is 13.1. The topological polar surface area (TPSA) is 85.6 Å². The predicted molar refractivity (Wildman–Crippen MR) is 107 cm³/mol. The minimum Gasteiger partial charge on any atom is -0.324 e. The van der Waals surface area contributed by atoms with E-state index in [1.165, 1.54) is 11.8 Å². The van der Waals surface area contributed by atoms with Crippen molar-refractivity contribution in [2.45, 2.75) is 11.7 Å². The standard InChI is InChI=1S/C17H14Cl2N6OS/c1-2-7-25-16(14-9-20-5-6-21-14)23-24-17(25)27-10-15(26)22-13-8-11(18)3-4-12(13)19/h2-6,8-9H,1,7,10H2,(H,22,26). The number of nitrogens with zero attached hydrogens (tertiary/aromatic N) is 5. The molecule has 27 heavy (non-hydrogen) atoms. The molecule has 0 saturated carbocycles. The van der Waals surface area contributed by atoms with Gasteiger partial charge >= 0.3 is 0 Å². The molecule has 0 unspecified atom stereocenters. The first-order valence-corrected chi connectivity index (χ1v) is 9.51. The van der Waals surface area contributed by atoms with Gasteiger partial charge in [0.15, 0.2) is 11.0 Å². The Labute approximate surface area is 169 Å². The van der Waals surface area contributed by atoms with Crippen LogP contribution in [0, 0.1) is 0 Å². The van der Waals surface area contributed by atoms with Crippen LogP contribution in [0.2, 0.25) is 10.0 Å². The third-order valence-corrected chi connectivity index (χ3v) is 4.89. The van der Waals surface area contributed by atoms with Gasteiger partial charge in [-0.1, -0.05) is 41.0 Å². The van der Waals surface area contributed by atoms with Crippen LogP contribution in [-0.4, -0.2) is 36.4 Å². The van der Waals surface area contributed by atoms with Crippen LogP contribution in [0.25, 0.3) is 11.5 Å². The highest BCUT2D eigenvalue weighted by molar-refractivity contribution is 7.99. The second-order valence-electron chi connectivity index (χ2n) is 5.26. The SMILES string of the molecule is C=CCn1c(SCC(=O)Nc2cc(Cl)ccc2Cl)nnc1-c1cnccn1. The number of aromatic nitrogens is 5. The quantitative estimate of drug-likeness (QED) is 0.459. The predicted octanol–water partition coefficient (Wildman–Crippen LogP) is 3.96. The zero-order valence-electron chi connectivity index (χ0n) is 14.0. The molecule has 3 rings (SSSR count). The number of amides is 1. The van der Waals surface area contributed by atoms with Crippen molar-refractivity contribution in [2.75, 3.05) is 11.1 Å². The molecule has 0 spiro atoms. The van der Waals surface area contributed by atoms with Crippen LogP contribution < -0.4 is 5.32 Å². The van der Waals surface area contributed by atoms with Crippen LogP contribution in [0.1, 0.15) is 0 Å². The van der Waals surface area contributed by atoms with Crippen LogP contribution in [0.5, 0.6) is 0 Å². The molecule has 0 saturated heterocycles. The van der Waals surface area contributed by atoms with Crippen molar-refractivity contribution in [1.82, 2.24) is 24.7 Å². The molecule has 0 fully saturated rings. The van der Waals surface area contributed by atoms with Crippen molar-refractivity contribution in [3.63, 3.8) is 0 Å². The fourth-order valence-corrected chi connectivity index (χ4v) is 3.29. The van der Waals surface area contributed by atoms with Crippen LogP contribution in [0.15, 0.2) is 54.6 Å². The Hall–Kier alpha value is -2.42. The first-order valence-electron chi connectivity index (χ1n) is 7.76. The number of carbonyl (C=O) groups is 1. The Kier molecular flexibility index (Phi) is 6.44. The molecule has 0 atom stereocenters. The lowest BCUT2D eigenvalue weighted by Crippen LogP contribution is -2.15. The Morgan fingerprint density at radius 1 is 1.30 bits per heavy atom. The van der Waals surface area contributed by atoms with Gasteiger partial charge in [0.2, 0.25) is 5.91 Å².